The van der Waals surface area contributed by atoms with Gasteiger partial charge in [0.25, 0.3) is 0 Å². The third-order valence-corrected chi connectivity index (χ3v) is 3.27. The number of aryl methyl sites for hydroxylation is 1. The first-order valence-corrected chi connectivity index (χ1v) is 7.27. The first-order chi connectivity index (χ1) is 11.2. The van der Waals surface area contributed by atoms with E-state index in [1.54, 1.807) is 6.20 Å². The average Bonchev–Trinajstić information content (AvgIpc) is 3.03. The van der Waals surface area contributed by atoms with Crippen LogP contribution in [0.3, 0.4) is 0 Å². The Bertz CT molecular complexity index is 782. The van der Waals surface area contributed by atoms with E-state index in [1.807, 2.05) is 49.4 Å². The summed E-state index contributed by atoms with van der Waals surface area (Å²) in [6.45, 7) is 2.38. The van der Waals surface area contributed by atoms with Crippen LogP contribution >= 0.6 is 0 Å². The minimum absolute atomic E-state index is 0.0473. The quantitative estimate of drug-likeness (QED) is 0.782. The molecule has 0 aliphatic carbocycles. The van der Waals surface area contributed by atoms with E-state index >= 15 is 0 Å². The van der Waals surface area contributed by atoms with Crippen molar-refractivity contribution in [1.82, 2.24) is 20.5 Å². The Morgan fingerprint density at radius 1 is 1.13 bits per heavy atom. The van der Waals surface area contributed by atoms with Crippen molar-refractivity contribution in [3.05, 3.63) is 65.8 Å². The van der Waals surface area contributed by atoms with Crippen LogP contribution in [0.4, 0.5) is 0 Å². The van der Waals surface area contributed by atoms with Gasteiger partial charge in [-0.2, -0.15) is 0 Å². The normalized spacial score (nSPS) is 10.5. The predicted octanol–water partition coefficient (Wildman–Crippen LogP) is 2.30. The van der Waals surface area contributed by atoms with E-state index in [4.69, 9.17) is 4.42 Å². The Morgan fingerprint density at radius 2 is 1.96 bits per heavy atom. The number of amides is 1. The van der Waals surface area contributed by atoms with Crippen molar-refractivity contribution in [2.24, 2.45) is 0 Å². The predicted molar refractivity (Wildman–Crippen MR) is 84.3 cm³/mol. The Hall–Kier alpha value is -3.02. The zero-order valence-corrected chi connectivity index (χ0v) is 12.7. The van der Waals surface area contributed by atoms with E-state index in [-0.39, 0.29) is 12.3 Å². The number of carbonyl (C=O) groups excluding carboxylic acids is 1. The van der Waals surface area contributed by atoms with E-state index in [0.29, 0.717) is 18.3 Å². The minimum atomic E-state index is -0.185. The fourth-order valence-corrected chi connectivity index (χ4v) is 2.03. The number of hydrogen-bond donors (Lipinski definition) is 1. The molecule has 0 radical (unpaired) electrons. The number of benzene rings is 1. The summed E-state index contributed by atoms with van der Waals surface area (Å²) in [5.74, 6) is 0.520. The van der Waals surface area contributed by atoms with Crippen LogP contribution in [-0.2, 0) is 17.8 Å². The molecule has 0 aliphatic rings. The highest BCUT2D eigenvalue weighted by atomic mass is 16.4. The maximum absolute atomic E-state index is 11.9. The van der Waals surface area contributed by atoms with Gasteiger partial charge in [0.1, 0.15) is 6.42 Å². The second kappa shape index (κ2) is 6.83. The zero-order valence-electron chi connectivity index (χ0n) is 12.7. The number of nitrogens with zero attached hydrogens (tertiary/aromatic N) is 3. The fourth-order valence-electron chi connectivity index (χ4n) is 2.03. The van der Waals surface area contributed by atoms with Crippen LogP contribution in [-0.4, -0.2) is 21.1 Å². The smallest absolute Gasteiger partial charge is 0.247 e. The monoisotopic (exact) mass is 308 g/mol. The number of aromatic nitrogens is 3. The summed E-state index contributed by atoms with van der Waals surface area (Å²) in [4.78, 5) is 16.1. The maximum Gasteiger partial charge on any atom is 0.247 e. The highest BCUT2D eigenvalue weighted by Gasteiger charge is 2.12. The molecule has 0 saturated carbocycles. The van der Waals surface area contributed by atoms with Gasteiger partial charge in [-0.3, -0.25) is 9.78 Å². The molecule has 0 saturated heterocycles. The van der Waals surface area contributed by atoms with E-state index in [0.717, 1.165) is 16.8 Å². The number of pyridine rings is 1. The largest absolute Gasteiger partial charge is 0.420 e. The van der Waals surface area contributed by atoms with Crippen molar-refractivity contribution in [3.63, 3.8) is 0 Å². The first-order valence-electron chi connectivity index (χ1n) is 7.27. The molecule has 23 heavy (non-hydrogen) atoms. The third kappa shape index (κ3) is 4.00. The van der Waals surface area contributed by atoms with Crippen LogP contribution in [0.2, 0.25) is 0 Å². The molecule has 0 atom stereocenters. The molecule has 0 spiro atoms. The lowest BCUT2D eigenvalue weighted by Crippen LogP contribution is -2.25. The molecule has 116 valence electrons. The van der Waals surface area contributed by atoms with Crippen molar-refractivity contribution < 1.29 is 9.21 Å². The lowest BCUT2D eigenvalue weighted by atomic mass is 10.1. The Morgan fingerprint density at radius 3 is 2.70 bits per heavy atom. The summed E-state index contributed by atoms with van der Waals surface area (Å²) in [7, 11) is 0. The van der Waals surface area contributed by atoms with Gasteiger partial charge in [-0.25, -0.2) is 0 Å². The summed E-state index contributed by atoms with van der Waals surface area (Å²) < 4.78 is 5.53. The third-order valence-electron chi connectivity index (χ3n) is 3.27. The molecule has 6 nitrogen and oxygen atoms in total. The maximum atomic E-state index is 11.9. The second-order valence-electron chi connectivity index (χ2n) is 5.14. The van der Waals surface area contributed by atoms with Gasteiger partial charge in [0.05, 0.1) is 12.2 Å². The molecule has 2 heterocycles. The molecule has 1 aromatic carbocycles. The Balaban J connectivity index is 1.58. The molecule has 0 unspecified atom stereocenters. The average molecular weight is 308 g/mol. The molecule has 3 aromatic rings. The van der Waals surface area contributed by atoms with Gasteiger partial charge >= 0.3 is 0 Å². The standard InChI is InChI=1S/C17H16N4O2/c1-12-5-7-13(8-6-12)17-21-20-16(23-17)10-15(22)19-11-14-4-2-3-9-18-14/h2-9H,10-11H2,1H3,(H,19,22). The van der Waals surface area contributed by atoms with Gasteiger partial charge in [-0.15, -0.1) is 10.2 Å². The van der Waals surface area contributed by atoms with E-state index < -0.39 is 0 Å². The molecular formula is C17H16N4O2. The van der Waals surface area contributed by atoms with Crippen LogP contribution in [0.1, 0.15) is 17.1 Å². The van der Waals surface area contributed by atoms with E-state index in [2.05, 4.69) is 20.5 Å². The molecular weight excluding hydrogens is 292 g/mol. The highest BCUT2D eigenvalue weighted by molar-refractivity contribution is 5.77. The second-order valence-corrected chi connectivity index (χ2v) is 5.14. The van der Waals surface area contributed by atoms with Gasteiger partial charge in [-0.1, -0.05) is 23.8 Å². The van der Waals surface area contributed by atoms with Crippen molar-refractivity contribution >= 4 is 5.91 Å². The number of nitrogens with one attached hydrogen (secondary N) is 1. The summed E-state index contributed by atoms with van der Waals surface area (Å²) in [6.07, 6.45) is 1.74. The van der Waals surface area contributed by atoms with Gasteiger partial charge in [0, 0.05) is 11.8 Å². The fraction of sp³-hybridized carbons (Fsp3) is 0.176. The number of carbonyl (C=O) groups is 1. The summed E-state index contributed by atoms with van der Waals surface area (Å²) in [5.41, 5.74) is 2.79. The molecule has 0 bridgehead atoms. The molecule has 0 aliphatic heterocycles. The van der Waals surface area contributed by atoms with Crippen molar-refractivity contribution in [2.75, 3.05) is 0 Å². The topological polar surface area (TPSA) is 80.9 Å². The van der Waals surface area contributed by atoms with Crippen molar-refractivity contribution in [3.8, 4) is 11.5 Å². The molecule has 6 heteroatoms. The Labute approximate surface area is 133 Å². The molecule has 3 rings (SSSR count). The van der Waals surface area contributed by atoms with Crippen LogP contribution < -0.4 is 5.32 Å². The zero-order chi connectivity index (χ0) is 16.1. The number of hydrogen-bond acceptors (Lipinski definition) is 5. The molecule has 1 amide bonds. The first kappa shape index (κ1) is 14.9. The molecule has 1 N–H and O–H groups in total. The Kier molecular flexibility index (Phi) is 4.42. The van der Waals surface area contributed by atoms with E-state index in [9.17, 15) is 4.79 Å². The SMILES string of the molecule is Cc1ccc(-c2nnc(CC(=O)NCc3ccccn3)o2)cc1. The van der Waals surface area contributed by atoms with Gasteiger partial charge < -0.3 is 9.73 Å². The lowest BCUT2D eigenvalue weighted by molar-refractivity contribution is -0.120. The van der Waals surface area contributed by atoms with Crippen LogP contribution in [0.25, 0.3) is 11.5 Å². The van der Waals surface area contributed by atoms with Crippen LogP contribution in [0.15, 0.2) is 53.1 Å². The van der Waals surface area contributed by atoms with Crippen molar-refractivity contribution in [2.45, 2.75) is 19.9 Å². The van der Waals surface area contributed by atoms with Crippen LogP contribution in [0.5, 0.6) is 0 Å². The molecule has 2 aromatic heterocycles. The van der Waals surface area contributed by atoms with Gasteiger partial charge in [0.2, 0.25) is 17.7 Å². The summed E-state index contributed by atoms with van der Waals surface area (Å²) >= 11 is 0. The summed E-state index contributed by atoms with van der Waals surface area (Å²) in [6, 6.07) is 13.3. The summed E-state index contributed by atoms with van der Waals surface area (Å²) in [5, 5.41) is 10.7. The van der Waals surface area contributed by atoms with E-state index in [1.165, 1.54) is 0 Å². The molecule has 0 fully saturated rings. The van der Waals surface area contributed by atoms with Gasteiger partial charge in [-0.05, 0) is 31.2 Å². The van der Waals surface area contributed by atoms with Crippen LogP contribution in [0, 0.1) is 6.92 Å². The lowest BCUT2D eigenvalue weighted by Gasteiger charge is -2.02. The number of rotatable bonds is 5. The van der Waals surface area contributed by atoms with Crippen molar-refractivity contribution in [1.29, 1.82) is 0 Å². The van der Waals surface area contributed by atoms with Gasteiger partial charge in [0.15, 0.2) is 0 Å². The minimum Gasteiger partial charge on any atom is -0.420 e. The highest BCUT2D eigenvalue weighted by Crippen LogP contribution is 2.18.